The van der Waals surface area contributed by atoms with Gasteiger partial charge >= 0.3 is 0 Å². The normalized spacial score (nSPS) is 25.3. The van der Waals surface area contributed by atoms with Gasteiger partial charge < -0.3 is 15.5 Å². The maximum atomic E-state index is 6.07. The lowest BCUT2D eigenvalue weighted by atomic mass is 9.94. The summed E-state index contributed by atoms with van der Waals surface area (Å²) in [6.07, 6.45) is 3.32. The van der Waals surface area contributed by atoms with E-state index in [2.05, 4.69) is 56.0 Å². The Morgan fingerprint density at radius 1 is 1.18 bits per heavy atom. The second-order valence-corrected chi connectivity index (χ2v) is 8.65. The fraction of sp³-hybridized carbons (Fsp3) is 0.600. The number of nitrogens with zero attached hydrogens (tertiary/aromatic N) is 5. The first-order chi connectivity index (χ1) is 13.5. The molecule has 2 unspecified atom stereocenters. The molecule has 0 radical (unpaired) electrons. The molecule has 28 heavy (non-hydrogen) atoms. The number of benzene rings is 1. The van der Waals surface area contributed by atoms with Crippen molar-refractivity contribution in [3.05, 3.63) is 34.9 Å². The first-order valence-electron chi connectivity index (χ1n) is 10.1. The molecule has 1 aromatic heterocycles. The Morgan fingerprint density at radius 2 is 1.89 bits per heavy atom. The third-order valence-electron chi connectivity index (χ3n) is 6.29. The largest absolute Gasteiger partial charge is 0.368 e. The second-order valence-electron chi connectivity index (χ2n) is 8.21. The molecule has 152 valence electrons. The van der Waals surface area contributed by atoms with E-state index >= 15 is 0 Å². The van der Waals surface area contributed by atoms with E-state index in [0.717, 1.165) is 56.4 Å². The van der Waals surface area contributed by atoms with Crippen molar-refractivity contribution in [2.75, 3.05) is 43.9 Å². The minimum absolute atomic E-state index is 0.382. The number of aromatic amines is 1. The number of likely N-dealkylation sites (N-methyl/N-ethyl adjacent to an activating group) is 1. The molecule has 1 aromatic carbocycles. The molecule has 0 spiro atoms. The SMILES string of the molecule is CC1CN(C2CCN(c3n[nH]c(N)n3)CC2)C(Cc2ccc(Cl)cc2)CN1C. The Bertz CT molecular complexity index is 769. The molecule has 0 saturated carbocycles. The fourth-order valence-corrected chi connectivity index (χ4v) is 4.66. The van der Waals surface area contributed by atoms with Gasteiger partial charge in [0.2, 0.25) is 11.9 Å². The topological polar surface area (TPSA) is 77.3 Å². The fourth-order valence-electron chi connectivity index (χ4n) is 4.54. The molecule has 2 fully saturated rings. The summed E-state index contributed by atoms with van der Waals surface area (Å²) in [7, 11) is 2.24. The molecule has 4 rings (SSSR count). The lowest BCUT2D eigenvalue weighted by Crippen LogP contribution is -2.61. The summed E-state index contributed by atoms with van der Waals surface area (Å²) in [6, 6.07) is 10.0. The molecule has 3 heterocycles. The maximum Gasteiger partial charge on any atom is 0.246 e. The second kappa shape index (κ2) is 8.27. The molecule has 8 heteroatoms. The highest BCUT2D eigenvalue weighted by molar-refractivity contribution is 6.30. The highest BCUT2D eigenvalue weighted by Gasteiger charge is 2.36. The minimum Gasteiger partial charge on any atom is -0.368 e. The number of nitrogens with one attached hydrogen (secondary N) is 1. The maximum absolute atomic E-state index is 6.07. The minimum atomic E-state index is 0.382. The van der Waals surface area contributed by atoms with Crippen molar-refractivity contribution < 1.29 is 0 Å². The molecule has 3 N–H and O–H groups in total. The summed E-state index contributed by atoms with van der Waals surface area (Å²) in [4.78, 5) is 11.8. The number of hydrogen-bond acceptors (Lipinski definition) is 6. The number of piperazine rings is 1. The first kappa shape index (κ1) is 19.5. The van der Waals surface area contributed by atoms with Crippen LogP contribution in [0.25, 0.3) is 0 Å². The Kier molecular flexibility index (Phi) is 5.75. The van der Waals surface area contributed by atoms with Gasteiger partial charge in [-0.25, -0.2) is 5.10 Å². The van der Waals surface area contributed by atoms with Crippen molar-refractivity contribution in [2.24, 2.45) is 0 Å². The van der Waals surface area contributed by atoms with Crippen LogP contribution in [0.5, 0.6) is 0 Å². The van der Waals surface area contributed by atoms with E-state index < -0.39 is 0 Å². The summed E-state index contributed by atoms with van der Waals surface area (Å²) < 4.78 is 0. The van der Waals surface area contributed by atoms with Gasteiger partial charge in [-0.3, -0.25) is 4.90 Å². The number of aromatic nitrogens is 3. The number of piperidine rings is 1. The molecule has 2 saturated heterocycles. The van der Waals surface area contributed by atoms with Crippen LogP contribution in [0.4, 0.5) is 11.9 Å². The average molecular weight is 404 g/mol. The molecular formula is C20H30ClN7. The number of anilines is 2. The summed E-state index contributed by atoms with van der Waals surface area (Å²) in [6.45, 7) is 6.48. The Balaban J connectivity index is 1.43. The Hall–Kier alpha value is -1.83. The smallest absolute Gasteiger partial charge is 0.246 e. The van der Waals surface area contributed by atoms with Gasteiger partial charge in [0.1, 0.15) is 0 Å². The van der Waals surface area contributed by atoms with Gasteiger partial charge in [-0.15, -0.1) is 5.10 Å². The Labute approximate surface area is 171 Å². The van der Waals surface area contributed by atoms with Gasteiger partial charge in [-0.2, -0.15) is 4.98 Å². The molecule has 2 aliphatic heterocycles. The van der Waals surface area contributed by atoms with E-state index in [9.17, 15) is 0 Å². The Morgan fingerprint density at radius 3 is 2.54 bits per heavy atom. The van der Waals surface area contributed by atoms with Gasteiger partial charge in [0.25, 0.3) is 0 Å². The highest BCUT2D eigenvalue weighted by atomic mass is 35.5. The quantitative estimate of drug-likeness (QED) is 0.815. The zero-order chi connectivity index (χ0) is 19.7. The first-order valence-corrected chi connectivity index (χ1v) is 10.5. The molecular weight excluding hydrogens is 374 g/mol. The van der Waals surface area contributed by atoms with Crippen molar-refractivity contribution in [3.63, 3.8) is 0 Å². The average Bonchev–Trinajstić information content (AvgIpc) is 3.13. The number of halogens is 1. The lowest BCUT2D eigenvalue weighted by molar-refractivity contribution is 0.0129. The van der Waals surface area contributed by atoms with Crippen molar-refractivity contribution in [1.82, 2.24) is 25.0 Å². The zero-order valence-corrected chi connectivity index (χ0v) is 17.4. The molecule has 0 amide bonds. The molecule has 7 nitrogen and oxygen atoms in total. The van der Waals surface area contributed by atoms with E-state index in [1.165, 1.54) is 5.56 Å². The van der Waals surface area contributed by atoms with E-state index in [4.69, 9.17) is 17.3 Å². The third-order valence-corrected chi connectivity index (χ3v) is 6.54. The van der Waals surface area contributed by atoms with E-state index in [1.807, 2.05) is 12.1 Å². The van der Waals surface area contributed by atoms with Crippen molar-refractivity contribution in [3.8, 4) is 0 Å². The van der Waals surface area contributed by atoms with Gasteiger partial charge in [0.15, 0.2) is 0 Å². The summed E-state index contributed by atoms with van der Waals surface area (Å²) in [5, 5.41) is 7.75. The van der Waals surface area contributed by atoms with Gasteiger partial charge in [-0.1, -0.05) is 23.7 Å². The van der Waals surface area contributed by atoms with Crippen LogP contribution in [-0.2, 0) is 6.42 Å². The van der Waals surface area contributed by atoms with Crippen LogP contribution >= 0.6 is 11.6 Å². The summed E-state index contributed by atoms with van der Waals surface area (Å²) in [5.74, 6) is 1.11. The number of hydrogen-bond donors (Lipinski definition) is 2. The van der Waals surface area contributed by atoms with E-state index in [0.29, 0.717) is 24.1 Å². The molecule has 0 aliphatic carbocycles. The molecule has 2 aromatic rings. The predicted molar refractivity (Wildman–Crippen MR) is 114 cm³/mol. The number of nitrogen functional groups attached to an aromatic ring is 1. The van der Waals surface area contributed by atoms with Crippen LogP contribution in [0.1, 0.15) is 25.3 Å². The number of H-pyrrole nitrogens is 1. The molecule has 2 atom stereocenters. The highest BCUT2D eigenvalue weighted by Crippen LogP contribution is 2.27. The standard InChI is InChI=1S/C20H30ClN7/c1-14-12-28(17-7-9-27(10-8-17)20-23-19(22)24-25-20)18(13-26(14)2)11-15-3-5-16(21)6-4-15/h3-6,14,17-18H,7-13H2,1-2H3,(H3,22,23,24,25). The van der Waals surface area contributed by atoms with E-state index in [-0.39, 0.29) is 0 Å². The van der Waals surface area contributed by atoms with Crippen LogP contribution in [0, 0.1) is 0 Å². The summed E-state index contributed by atoms with van der Waals surface area (Å²) >= 11 is 6.07. The molecule has 2 aliphatic rings. The van der Waals surface area contributed by atoms with Crippen LogP contribution in [-0.4, -0.2) is 76.3 Å². The summed E-state index contributed by atoms with van der Waals surface area (Å²) in [5.41, 5.74) is 7.04. The van der Waals surface area contributed by atoms with Gasteiger partial charge in [0, 0.05) is 49.3 Å². The predicted octanol–water partition coefficient (Wildman–Crippen LogP) is 2.26. The van der Waals surface area contributed by atoms with Crippen LogP contribution in [0.3, 0.4) is 0 Å². The van der Waals surface area contributed by atoms with Crippen molar-refractivity contribution in [1.29, 1.82) is 0 Å². The number of nitrogens with two attached hydrogens (primary N) is 1. The lowest BCUT2D eigenvalue weighted by Gasteiger charge is -2.49. The zero-order valence-electron chi connectivity index (χ0n) is 16.7. The number of rotatable bonds is 4. The van der Waals surface area contributed by atoms with E-state index in [1.54, 1.807) is 0 Å². The van der Waals surface area contributed by atoms with Crippen LogP contribution < -0.4 is 10.6 Å². The van der Waals surface area contributed by atoms with Crippen LogP contribution in [0.2, 0.25) is 5.02 Å². The third kappa shape index (κ3) is 4.26. The molecule has 0 bridgehead atoms. The van der Waals surface area contributed by atoms with Crippen molar-refractivity contribution >= 4 is 23.5 Å². The van der Waals surface area contributed by atoms with Gasteiger partial charge in [-0.05, 0) is 50.9 Å². The van der Waals surface area contributed by atoms with Gasteiger partial charge in [0.05, 0.1) is 0 Å². The van der Waals surface area contributed by atoms with Crippen LogP contribution in [0.15, 0.2) is 24.3 Å². The van der Waals surface area contributed by atoms with Crippen molar-refractivity contribution in [2.45, 2.75) is 44.3 Å². The monoisotopic (exact) mass is 403 g/mol.